The summed E-state index contributed by atoms with van der Waals surface area (Å²) in [4.78, 5) is 13.4. The first-order valence-corrected chi connectivity index (χ1v) is 11.1. The Morgan fingerprint density at radius 2 is 1.31 bits per heavy atom. The molecule has 1 fully saturated rings. The maximum absolute atomic E-state index is 4.71. The van der Waals surface area contributed by atoms with Crippen molar-refractivity contribution in [3.05, 3.63) is 96.3 Å². The fourth-order valence-corrected chi connectivity index (χ4v) is 4.12. The summed E-state index contributed by atoms with van der Waals surface area (Å²) in [7, 11) is 0. The maximum atomic E-state index is 4.71. The third-order valence-electron chi connectivity index (χ3n) is 5.86. The number of rotatable bonds is 6. The molecule has 0 saturated carbocycles. The summed E-state index contributed by atoms with van der Waals surface area (Å²) in [5.41, 5.74) is 4.60. The highest BCUT2D eigenvalue weighted by atomic mass is 15.3. The lowest BCUT2D eigenvalue weighted by Gasteiger charge is -2.36. The monoisotopic (exact) mass is 422 g/mol. The zero-order valence-corrected chi connectivity index (χ0v) is 18.0. The molecule has 0 amide bonds. The van der Waals surface area contributed by atoms with E-state index in [-0.39, 0.29) is 0 Å². The largest absolute Gasteiger partial charge is 0.351 e. The first-order valence-electron chi connectivity index (χ1n) is 11.1. The third kappa shape index (κ3) is 4.59. The third-order valence-corrected chi connectivity index (χ3v) is 5.86. The molecule has 0 radical (unpaired) electrons. The van der Waals surface area contributed by atoms with Gasteiger partial charge < -0.3 is 9.80 Å². The van der Waals surface area contributed by atoms with Crippen LogP contribution in [0.5, 0.6) is 0 Å². The van der Waals surface area contributed by atoms with Crippen molar-refractivity contribution in [2.45, 2.75) is 12.8 Å². The van der Waals surface area contributed by atoms with Gasteiger partial charge in [-0.15, -0.1) is 10.2 Å². The minimum absolute atomic E-state index is 0.793. The average Bonchev–Trinajstić information content (AvgIpc) is 2.89. The number of hydrogen-bond acceptors (Lipinski definition) is 6. The van der Waals surface area contributed by atoms with E-state index >= 15 is 0 Å². The van der Waals surface area contributed by atoms with Crippen LogP contribution in [0.3, 0.4) is 0 Å². The number of piperazine rings is 1. The van der Waals surface area contributed by atoms with Gasteiger partial charge in [-0.2, -0.15) is 0 Å². The summed E-state index contributed by atoms with van der Waals surface area (Å²) in [5.74, 6) is 1.79. The van der Waals surface area contributed by atoms with Crippen LogP contribution in [0.15, 0.2) is 85.2 Å². The molecule has 1 aliphatic heterocycles. The minimum Gasteiger partial charge on any atom is -0.351 e. The molecule has 2 aromatic heterocycles. The van der Waals surface area contributed by atoms with Crippen LogP contribution >= 0.6 is 0 Å². The SMILES string of the molecule is c1ccc(CCc2cc(-c3ccccc3)nnc2N2CCN(c3ncccn3)CC2)cc1. The molecule has 160 valence electrons. The number of benzene rings is 2. The minimum atomic E-state index is 0.793. The first-order chi connectivity index (χ1) is 15.9. The molecule has 0 bridgehead atoms. The molecule has 6 nitrogen and oxygen atoms in total. The van der Waals surface area contributed by atoms with E-state index in [1.54, 1.807) is 12.4 Å². The van der Waals surface area contributed by atoms with Gasteiger partial charge in [0, 0.05) is 44.1 Å². The van der Waals surface area contributed by atoms with Crippen molar-refractivity contribution < 1.29 is 0 Å². The topological polar surface area (TPSA) is 58.0 Å². The smallest absolute Gasteiger partial charge is 0.225 e. The summed E-state index contributed by atoms with van der Waals surface area (Å²) in [6.45, 7) is 3.47. The zero-order valence-electron chi connectivity index (χ0n) is 18.0. The van der Waals surface area contributed by atoms with Crippen molar-refractivity contribution >= 4 is 11.8 Å². The maximum Gasteiger partial charge on any atom is 0.225 e. The molecule has 0 atom stereocenters. The molecule has 6 heteroatoms. The van der Waals surface area contributed by atoms with E-state index in [2.05, 4.69) is 73.4 Å². The summed E-state index contributed by atoms with van der Waals surface area (Å²) in [5, 5.41) is 9.30. The van der Waals surface area contributed by atoms with E-state index < -0.39 is 0 Å². The highest BCUT2D eigenvalue weighted by Crippen LogP contribution is 2.26. The van der Waals surface area contributed by atoms with Crippen LogP contribution in [0.2, 0.25) is 0 Å². The molecule has 1 saturated heterocycles. The standard InChI is InChI=1S/C26H26N6/c1-3-8-21(9-4-1)12-13-23-20-24(22-10-5-2-6-11-22)29-30-25(23)31-16-18-32(19-17-31)26-27-14-7-15-28-26/h1-11,14-15,20H,12-13,16-19H2. The van der Waals surface area contributed by atoms with E-state index in [1.807, 2.05) is 24.3 Å². The molecule has 0 spiro atoms. The summed E-state index contributed by atoms with van der Waals surface area (Å²) in [6.07, 6.45) is 5.50. The Bertz CT molecular complexity index is 1130. The van der Waals surface area contributed by atoms with Gasteiger partial charge in [-0.1, -0.05) is 60.7 Å². The predicted octanol–water partition coefficient (Wildman–Crippen LogP) is 4.05. The van der Waals surface area contributed by atoms with E-state index in [4.69, 9.17) is 5.10 Å². The van der Waals surface area contributed by atoms with Gasteiger partial charge >= 0.3 is 0 Å². The van der Waals surface area contributed by atoms with Crippen molar-refractivity contribution in [3.8, 4) is 11.3 Å². The quantitative estimate of drug-likeness (QED) is 0.467. The fourth-order valence-electron chi connectivity index (χ4n) is 4.12. The Labute approximate surface area is 188 Å². The lowest BCUT2D eigenvalue weighted by molar-refractivity contribution is 0.628. The average molecular weight is 423 g/mol. The van der Waals surface area contributed by atoms with E-state index in [9.17, 15) is 0 Å². The van der Waals surface area contributed by atoms with Crippen LogP contribution in [-0.2, 0) is 12.8 Å². The van der Waals surface area contributed by atoms with Crippen molar-refractivity contribution in [2.24, 2.45) is 0 Å². The Morgan fingerprint density at radius 1 is 0.656 bits per heavy atom. The molecule has 0 unspecified atom stereocenters. The Kier molecular flexibility index (Phi) is 6.01. The molecule has 32 heavy (non-hydrogen) atoms. The molecule has 3 heterocycles. The Balaban J connectivity index is 1.38. The van der Waals surface area contributed by atoms with Crippen molar-refractivity contribution in [2.75, 3.05) is 36.0 Å². The molecule has 1 aliphatic rings. The highest BCUT2D eigenvalue weighted by molar-refractivity contribution is 5.62. The number of aromatic nitrogens is 4. The normalized spacial score (nSPS) is 13.9. The van der Waals surface area contributed by atoms with Crippen LogP contribution in [0, 0.1) is 0 Å². The van der Waals surface area contributed by atoms with Gasteiger partial charge in [-0.3, -0.25) is 0 Å². The van der Waals surface area contributed by atoms with Crippen LogP contribution in [0.25, 0.3) is 11.3 Å². The summed E-state index contributed by atoms with van der Waals surface area (Å²) < 4.78 is 0. The summed E-state index contributed by atoms with van der Waals surface area (Å²) >= 11 is 0. The molecule has 4 aromatic rings. The second-order valence-electron chi connectivity index (χ2n) is 7.95. The number of hydrogen-bond donors (Lipinski definition) is 0. The molecule has 0 N–H and O–H groups in total. The predicted molar refractivity (Wildman–Crippen MR) is 128 cm³/mol. The van der Waals surface area contributed by atoms with Gasteiger partial charge in [0.1, 0.15) is 0 Å². The van der Waals surface area contributed by atoms with E-state index in [0.717, 1.165) is 62.0 Å². The van der Waals surface area contributed by atoms with Crippen LogP contribution in [-0.4, -0.2) is 46.3 Å². The molecule has 2 aromatic carbocycles. The van der Waals surface area contributed by atoms with Crippen molar-refractivity contribution in [1.82, 2.24) is 20.2 Å². The van der Waals surface area contributed by atoms with E-state index in [0.29, 0.717) is 0 Å². The molecular weight excluding hydrogens is 396 g/mol. The van der Waals surface area contributed by atoms with Gasteiger partial charge in [0.15, 0.2) is 5.82 Å². The Hall–Kier alpha value is -3.80. The van der Waals surface area contributed by atoms with Crippen molar-refractivity contribution in [1.29, 1.82) is 0 Å². The number of nitrogens with zero attached hydrogens (tertiary/aromatic N) is 6. The molecule has 5 rings (SSSR count). The van der Waals surface area contributed by atoms with Gasteiger partial charge in [-0.05, 0) is 36.1 Å². The van der Waals surface area contributed by atoms with Gasteiger partial charge in [-0.25, -0.2) is 9.97 Å². The second kappa shape index (κ2) is 9.56. The van der Waals surface area contributed by atoms with Crippen LogP contribution < -0.4 is 9.80 Å². The number of aryl methyl sites for hydroxylation is 2. The first kappa shape index (κ1) is 20.1. The Morgan fingerprint density at radius 3 is 2.03 bits per heavy atom. The fraction of sp³-hybridized carbons (Fsp3) is 0.231. The highest BCUT2D eigenvalue weighted by Gasteiger charge is 2.22. The van der Waals surface area contributed by atoms with E-state index in [1.165, 1.54) is 11.1 Å². The lowest BCUT2D eigenvalue weighted by Crippen LogP contribution is -2.47. The van der Waals surface area contributed by atoms with Crippen molar-refractivity contribution in [3.63, 3.8) is 0 Å². The van der Waals surface area contributed by atoms with Gasteiger partial charge in [0.05, 0.1) is 5.69 Å². The zero-order chi connectivity index (χ0) is 21.6. The molecule has 0 aliphatic carbocycles. The summed E-state index contributed by atoms with van der Waals surface area (Å²) in [6, 6.07) is 25.0. The molecular formula is C26H26N6. The lowest BCUT2D eigenvalue weighted by atomic mass is 10.0. The number of anilines is 2. The van der Waals surface area contributed by atoms with Gasteiger partial charge in [0.25, 0.3) is 0 Å². The van der Waals surface area contributed by atoms with Crippen LogP contribution in [0.1, 0.15) is 11.1 Å². The van der Waals surface area contributed by atoms with Gasteiger partial charge in [0.2, 0.25) is 5.95 Å². The van der Waals surface area contributed by atoms with Crippen LogP contribution in [0.4, 0.5) is 11.8 Å². The second-order valence-corrected chi connectivity index (χ2v) is 7.95.